The van der Waals surface area contributed by atoms with Crippen LogP contribution in [0.25, 0.3) is 0 Å². The molecule has 0 N–H and O–H groups in total. The van der Waals surface area contributed by atoms with Crippen molar-refractivity contribution in [3.63, 3.8) is 0 Å². The van der Waals surface area contributed by atoms with Gasteiger partial charge in [-0.1, -0.05) is 85.5 Å². The number of hydrogen-bond acceptors (Lipinski definition) is 15. The number of nitrogens with zero attached hydrogens (tertiary/aromatic N) is 1. The van der Waals surface area contributed by atoms with Gasteiger partial charge in [0.05, 0.1) is 46.1 Å². The van der Waals surface area contributed by atoms with E-state index in [9.17, 15) is 33.6 Å². The fourth-order valence-electron chi connectivity index (χ4n) is 7.81. The third kappa shape index (κ3) is 40.9. The molecular formula is C55H99NO14. The van der Waals surface area contributed by atoms with E-state index < -0.39 is 29.9 Å². The lowest BCUT2D eigenvalue weighted by molar-refractivity contribution is -0.188. The van der Waals surface area contributed by atoms with Gasteiger partial charge < -0.3 is 38.1 Å². The zero-order valence-corrected chi connectivity index (χ0v) is 44.6. The summed E-state index contributed by atoms with van der Waals surface area (Å²) in [6, 6.07) is 0. The Morgan fingerprint density at radius 2 is 0.771 bits per heavy atom. The molecule has 1 fully saturated rings. The fraction of sp³-hybridized carbons (Fsp3) is 0.873. The van der Waals surface area contributed by atoms with E-state index in [1.54, 1.807) is 6.92 Å². The van der Waals surface area contributed by atoms with Gasteiger partial charge in [-0.25, -0.2) is 4.79 Å². The number of carbonyl (C=O) groups is 7. The van der Waals surface area contributed by atoms with Gasteiger partial charge in [0.2, 0.25) is 5.60 Å². The van der Waals surface area contributed by atoms with Crippen molar-refractivity contribution >= 4 is 42.3 Å². The highest BCUT2D eigenvalue weighted by Gasteiger charge is 2.45. The Kier molecular flexibility index (Phi) is 46.2. The molecule has 1 rings (SSSR count). The molecular weight excluding hydrogens is 899 g/mol. The van der Waals surface area contributed by atoms with Crippen molar-refractivity contribution in [2.45, 2.75) is 252 Å². The van der Waals surface area contributed by atoms with Gasteiger partial charge in [0, 0.05) is 25.7 Å². The predicted octanol–water partition coefficient (Wildman–Crippen LogP) is 11.8. The number of esters is 6. The van der Waals surface area contributed by atoms with Gasteiger partial charge in [0.25, 0.3) is 6.47 Å². The van der Waals surface area contributed by atoms with Crippen LogP contribution in [0.2, 0.25) is 0 Å². The van der Waals surface area contributed by atoms with Crippen LogP contribution in [0.5, 0.6) is 0 Å². The summed E-state index contributed by atoms with van der Waals surface area (Å²) in [7, 11) is 0. The van der Waals surface area contributed by atoms with Crippen LogP contribution >= 0.6 is 0 Å². The fourth-order valence-corrected chi connectivity index (χ4v) is 7.81. The molecule has 1 unspecified atom stereocenters. The molecule has 0 bridgehead atoms. The van der Waals surface area contributed by atoms with E-state index in [4.69, 9.17) is 28.4 Å². The standard InChI is InChI=1S/C41H73NO10.C14H26O4/c1-4-7-9-15-25-36(43)48-31-21-11-12-23-33-50-39(46)35-41(6-3,52-38(45)27-17-18-28-42-29-19-20-30-42)40(47)51-34-24-14-13-22-32-49-37(44)26-16-10-8-5-2;1-2-3-4-7-10-14(16)18-12-9-6-5-8-11-17-13-15/h4-35H2,1-3H3;13H,2-12H2,1H3. The lowest BCUT2D eigenvalue weighted by Gasteiger charge is -2.29. The van der Waals surface area contributed by atoms with Gasteiger partial charge in [-0.15, -0.1) is 0 Å². The number of unbranched alkanes of at least 4 members (excludes halogenated alkanes) is 19. The molecule has 0 aromatic rings. The summed E-state index contributed by atoms with van der Waals surface area (Å²) in [5.74, 6) is -2.23. The molecule has 0 saturated carbocycles. The zero-order chi connectivity index (χ0) is 51.6. The molecule has 0 radical (unpaired) electrons. The van der Waals surface area contributed by atoms with Crippen LogP contribution in [-0.2, 0) is 66.7 Å². The van der Waals surface area contributed by atoms with E-state index in [0.717, 1.165) is 154 Å². The molecule has 0 amide bonds. The Morgan fingerprint density at radius 3 is 1.17 bits per heavy atom. The first-order valence-corrected chi connectivity index (χ1v) is 27.9. The van der Waals surface area contributed by atoms with Crippen molar-refractivity contribution in [1.82, 2.24) is 4.90 Å². The molecule has 0 aromatic carbocycles. The monoisotopic (exact) mass is 998 g/mol. The Hall–Kier alpha value is -3.75. The summed E-state index contributed by atoms with van der Waals surface area (Å²) in [6.07, 6.45) is 27.8. The number of rotatable bonds is 47. The molecule has 408 valence electrons. The second kappa shape index (κ2) is 48.9. The van der Waals surface area contributed by atoms with E-state index in [1.807, 2.05) is 0 Å². The Bertz CT molecular complexity index is 1320. The molecule has 1 aliphatic heterocycles. The third-order valence-corrected chi connectivity index (χ3v) is 12.3. The maximum absolute atomic E-state index is 13.4. The Morgan fingerprint density at radius 1 is 0.414 bits per heavy atom. The van der Waals surface area contributed by atoms with Gasteiger partial charge in [-0.2, -0.15) is 0 Å². The maximum atomic E-state index is 13.4. The summed E-state index contributed by atoms with van der Waals surface area (Å²) >= 11 is 0. The smallest absolute Gasteiger partial charge is 0.351 e. The van der Waals surface area contributed by atoms with Crippen molar-refractivity contribution in [2.24, 2.45) is 0 Å². The Labute approximate surface area is 423 Å². The molecule has 1 aliphatic rings. The minimum absolute atomic E-state index is 0.0737. The molecule has 1 atom stereocenters. The molecule has 70 heavy (non-hydrogen) atoms. The van der Waals surface area contributed by atoms with E-state index >= 15 is 0 Å². The van der Waals surface area contributed by atoms with Crippen LogP contribution in [0, 0.1) is 0 Å². The molecule has 15 nitrogen and oxygen atoms in total. The van der Waals surface area contributed by atoms with E-state index in [-0.39, 0.29) is 44.0 Å². The van der Waals surface area contributed by atoms with E-state index in [2.05, 4.69) is 30.4 Å². The highest BCUT2D eigenvalue weighted by molar-refractivity contribution is 5.88. The van der Waals surface area contributed by atoms with Crippen molar-refractivity contribution < 1.29 is 66.7 Å². The van der Waals surface area contributed by atoms with Gasteiger partial charge >= 0.3 is 35.8 Å². The highest BCUT2D eigenvalue weighted by atomic mass is 16.6. The zero-order valence-electron chi connectivity index (χ0n) is 44.6. The molecule has 1 saturated heterocycles. The van der Waals surface area contributed by atoms with Gasteiger partial charge in [0.1, 0.15) is 0 Å². The lowest BCUT2D eigenvalue weighted by Crippen LogP contribution is -2.46. The topological polar surface area (TPSA) is 187 Å². The maximum Gasteiger partial charge on any atom is 0.351 e. The first-order chi connectivity index (χ1) is 34.1. The third-order valence-electron chi connectivity index (χ3n) is 12.3. The SMILES string of the molecule is CCCCCCC(=O)OCCCCCCOC(=O)CC(CC)(OC(=O)CCCCN1CCCC1)C(=O)OCCCCCCOC(=O)CCCCCC.CCCCCCC(=O)OCCCCCCOC=O. The minimum Gasteiger partial charge on any atom is -0.468 e. The quantitative estimate of drug-likeness (QED) is 0.0242. The minimum atomic E-state index is -1.74. The molecule has 0 aliphatic carbocycles. The van der Waals surface area contributed by atoms with Crippen LogP contribution in [0.3, 0.4) is 0 Å². The van der Waals surface area contributed by atoms with Crippen LogP contribution in [0.4, 0.5) is 0 Å². The summed E-state index contributed by atoms with van der Waals surface area (Å²) in [4.78, 5) is 86.5. The van der Waals surface area contributed by atoms with Crippen LogP contribution in [-0.4, -0.2) is 112 Å². The van der Waals surface area contributed by atoms with Crippen molar-refractivity contribution in [2.75, 3.05) is 59.3 Å². The summed E-state index contributed by atoms with van der Waals surface area (Å²) < 4.78 is 37.1. The lowest BCUT2D eigenvalue weighted by atomic mass is 9.96. The van der Waals surface area contributed by atoms with Crippen molar-refractivity contribution in [1.29, 1.82) is 0 Å². The van der Waals surface area contributed by atoms with E-state index in [0.29, 0.717) is 71.4 Å². The average molecular weight is 998 g/mol. The number of hydrogen-bond donors (Lipinski definition) is 0. The second-order valence-electron chi connectivity index (χ2n) is 18.7. The highest BCUT2D eigenvalue weighted by Crippen LogP contribution is 2.26. The number of likely N-dealkylation sites (tertiary alicyclic amines) is 1. The molecule has 15 heteroatoms. The molecule has 0 spiro atoms. The van der Waals surface area contributed by atoms with Gasteiger partial charge in [0.15, 0.2) is 0 Å². The first-order valence-electron chi connectivity index (χ1n) is 27.9. The normalized spacial score (nSPS) is 13.0. The predicted molar refractivity (Wildman–Crippen MR) is 272 cm³/mol. The van der Waals surface area contributed by atoms with Crippen LogP contribution < -0.4 is 0 Å². The molecule has 1 heterocycles. The molecule has 0 aromatic heterocycles. The summed E-state index contributed by atoms with van der Waals surface area (Å²) in [6.45, 7) is 13.8. The van der Waals surface area contributed by atoms with Crippen molar-refractivity contribution in [3.05, 3.63) is 0 Å². The Balaban J connectivity index is 0.00000222. The first kappa shape index (κ1) is 66.2. The number of carbonyl (C=O) groups excluding carboxylic acids is 7. The average Bonchev–Trinajstić information content (AvgIpc) is 3.88. The van der Waals surface area contributed by atoms with Crippen LogP contribution in [0.1, 0.15) is 246 Å². The summed E-state index contributed by atoms with van der Waals surface area (Å²) in [5.41, 5.74) is -1.74. The van der Waals surface area contributed by atoms with Gasteiger partial charge in [-0.05, 0) is 148 Å². The largest absolute Gasteiger partial charge is 0.468 e. The van der Waals surface area contributed by atoms with Crippen LogP contribution in [0.15, 0.2) is 0 Å². The second-order valence-corrected chi connectivity index (χ2v) is 18.7. The van der Waals surface area contributed by atoms with E-state index in [1.165, 1.54) is 25.7 Å². The van der Waals surface area contributed by atoms with Gasteiger partial charge in [-0.3, -0.25) is 28.8 Å². The summed E-state index contributed by atoms with van der Waals surface area (Å²) in [5, 5.41) is 0. The van der Waals surface area contributed by atoms with Crippen molar-refractivity contribution in [3.8, 4) is 0 Å². The number of ether oxygens (including phenoxy) is 7.